The van der Waals surface area contributed by atoms with Gasteiger partial charge < -0.3 is 24.7 Å². The molecule has 1 aliphatic rings. The lowest BCUT2D eigenvalue weighted by Crippen LogP contribution is -2.45. The summed E-state index contributed by atoms with van der Waals surface area (Å²) in [7, 11) is -1.34. The number of rotatable bonds is 10. The van der Waals surface area contributed by atoms with Crippen molar-refractivity contribution in [2.75, 3.05) is 11.9 Å². The molecule has 0 spiro atoms. The van der Waals surface area contributed by atoms with Crippen LogP contribution in [-0.4, -0.2) is 58.0 Å². The van der Waals surface area contributed by atoms with Crippen molar-refractivity contribution >= 4 is 42.4 Å². The molecule has 1 saturated carbocycles. The number of carbonyl (C=O) groups is 1. The molecule has 0 bridgehead atoms. The molecule has 3 heterocycles. The Morgan fingerprint density at radius 2 is 1.89 bits per heavy atom. The second-order valence-electron chi connectivity index (χ2n) is 13.8. The predicted octanol–water partition coefficient (Wildman–Crippen LogP) is 8.41. The van der Waals surface area contributed by atoms with E-state index in [1.54, 1.807) is 33.2 Å². The van der Waals surface area contributed by atoms with Crippen molar-refractivity contribution in [1.29, 1.82) is 0 Å². The molecule has 9 nitrogen and oxygen atoms in total. The Kier molecular flexibility index (Phi) is 9.80. The van der Waals surface area contributed by atoms with Gasteiger partial charge in [0.05, 0.1) is 17.3 Å². The van der Waals surface area contributed by atoms with Crippen molar-refractivity contribution in [3.8, 4) is 21.8 Å². The fourth-order valence-electron chi connectivity index (χ4n) is 5.42. The smallest absolute Gasteiger partial charge is 0.419 e. The fourth-order valence-corrected chi connectivity index (χ4v) is 6.81. The molecule has 2 N–H and O–H groups in total. The van der Waals surface area contributed by atoms with Crippen LogP contribution in [0, 0.1) is 0 Å². The van der Waals surface area contributed by atoms with E-state index in [1.165, 1.54) is 11.3 Å². The number of benzene rings is 1. The number of halogens is 3. The summed E-state index contributed by atoms with van der Waals surface area (Å²) >= 11 is 1.49. The first-order valence-corrected chi connectivity index (χ1v) is 20.0. The van der Waals surface area contributed by atoms with Crippen LogP contribution in [0.15, 0.2) is 42.2 Å². The van der Waals surface area contributed by atoms with E-state index in [-0.39, 0.29) is 30.5 Å². The number of hydrogen-bond donors (Lipinski definition) is 2. The molecular weight excluding hydrogens is 634 g/mol. The van der Waals surface area contributed by atoms with Crippen molar-refractivity contribution in [1.82, 2.24) is 24.8 Å². The van der Waals surface area contributed by atoms with E-state index in [2.05, 4.69) is 45.2 Å². The number of ether oxygens (including phenoxy) is 2. The largest absolute Gasteiger partial charge is 0.444 e. The summed E-state index contributed by atoms with van der Waals surface area (Å²) in [5.74, 6) is 0.0533. The van der Waals surface area contributed by atoms with E-state index in [4.69, 9.17) is 9.47 Å². The second kappa shape index (κ2) is 13.3. The van der Waals surface area contributed by atoms with Gasteiger partial charge in [-0.15, -0.1) is 11.3 Å². The van der Waals surface area contributed by atoms with Crippen molar-refractivity contribution in [2.24, 2.45) is 0 Å². The number of nitrogens with zero attached hydrogens (tertiary/aromatic N) is 4. The highest BCUT2D eigenvalue weighted by Gasteiger charge is 2.37. The first kappa shape index (κ1) is 33.9. The normalized spacial score (nSPS) is 17.4. The molecule has 4 aromatic rings. The topological polar surface area (TPSA) is 103 Å². The molecule has 248 valence electrons. The number of anilines is 1. The number of aromatic nitrogens is 4. The van der Waals surface area contributed by atoms with E-state index in [1.807, 2.05) is 28.1 Å². The van der Waals surface area contributed by atoms with Gasteiger partial charge in [0.1, 0.15) is 22.9 Å². The second-order valence-corrected chi connectivity index (χ2v) is 20.3. The lowest BCUT2D eigenvalue weighted by Gasteiger charge is -2.25. The van der Waals surface area contributed by atoms with Gasteiger partial charge in [0.15, 0.2) is 0 Å². The van der Waals surface area contributed by atoms with Crippen LogP contribution in [0.25, 0.3) is 32.7 Å². The van der Waals surface area contributed by atoms with Crippen LogP contribution in [0.4, 0.5) is 23.9 Å². The standard InChI is InChI=1S/C32H41F3N6O3SSi/c1-31(2,3)44-30(42)39-25-9-7-8-24(25)38-29-37-17-23(32(33,34)35)27(40-29)22-18-41(19-43-13-15-46(4,5)6)26-16-20(10-11-21(22)26)28-36-12-14-45-28/h10-12,14,16-18,24-25H,7-9,13,15,19H2,1-6H3,(H,39,42)(H,37,38,40)/t24-,25-/m0/s1. The molecular formula is C32H41F3N6O3SSi. The molecule has 46 heavy (non-hydrogen) atoms. The molecule has 1 fully saturated rings. The van der Waals surface area contributed by atoms with Crippen LogP contribution in [0.1, 0.15) is 45.6 Å². The number of carbonyl (C=O) groups excluding carboxylic acids is 1. The molecule has 0 saturated heterocycles. The number of alkyl carbamates (subject to hydrolysis) is 1. The van der Waals surface area contributed by atoms with Gasteiger partial charge in [0.25, 0.3) is 0 Å². The number of nitrogens with one attached hydrogen (secondary N) is 2. The minimum absolute atomic E-state index is 0.0533. The predicted molar refractivity (Wildman–Crippen MR) is 178 cm³/mol. The molecule has 1 aromatic carbocycles. The summed E-state index contributed by atoms with van der Waals surface area (Å²) in [6.45, 7) is 12.9. The number of alkyl halides is 3. The average Bonchev–Trinajstić information content (AvgIpc) is 3.70. The van der Waals surface area contributed by atoms with Crippen LogP contribution in [-0.2, 0) is 22.4 Å². The third kappa shape index (κ3) is 8.45. The Bertz CT molecular complexity index is 1660. The maximum absolute atomic E-state index is 14.4. The van der Waals surface area contributed by atoms with Crippen LogP contribution >= 0.6 is 11.3 Å². The molecule has 0 unspecified atom stereocenters. The lowest BCUT2D eigenvalue weighted by atomic mass is 10.0. The van der Waals surface area contributed by atoms with Gasteiger partial charge in [-0.2, -0.15) is 13.2 Å². The molecule has 1 aliphatic carbocycles. The van der Waals surface area contributed by atoms with Gasteiger partial charge in [0, 0.05) is 61.2 Å². The Balaban J connectivity index is 1.50. The lowest BCUT2D eigenvalue weighted by molar-refractivity contribution is -0.137. The zero-order valence-corrected chi connectivity index (χ0v) is 28.8. The number of amides is 1. The molecule has 1 amide bonds. The monoisotopic (exact) mass is 674 g/mol. The number of thiazole rings is 1. The Morgan fingerprint density at radius 1 is 1.13 bits per heavy atom. The molecule has 0 radical (unpaired) electrons. The molecule has 14 heteroatoms. The summed E-state index contributed by atoms with van der Waals surface area (Å²) in [6, 6.07) is 6.00. The van der Waals surface area contributed by atoms with Crippen LogP contribution in [0.3, 0.4) is 0 Å². The SMILES string of the molecule is CC(C)(C)OC(=O)N[C@H]1CCC[C@@H]1Nc1ncc(C(F)(F)F)c(-c2cn(COCC[Si](C)(C)C)c3cc(-c4nccs4)ccc23)n1. The van der Waals surface area contributed by atoms with E-state index >= 15 is 0 Å². The van der Waals surface area contributed by atoms with Crippen LogP contribution < -0.4 is 10.6 Å². The highest BCUT2D eigenvalue weighted by molar-refractivity contribution is 7.13. The number of hydrogen-bond acceptors (Lipinski definition) is 8. The van der Waals surface area contributed by atoms with E-state index in [9.17, 15) is 18.0 Å². The first-order valence-electron chi connectivity index (χ1n) is 15.4. The minimum atomic E-state index is -4.69. The van der Waals surface area contributed by atoms with Crippen molar-refractivity contribution < 1.29 is 27.4 Å². The van der Waals surface area contributed by atoms with Gasteiger partial charge in [-0.3, -0.25) is 0 Å². The molecule has 2 atom stereocenters. The zero-order valence-electron chi connectivity index (χ0n) is 27.0. The first-order chi connectivity index (χ1) is 21.6. The Morgan fingerprint density at radius 3 is 2.57 bits per heavy atom. The highest BCUT2D eigenvalue weighted by Crippen LogP contribution is 2.40. The van der Waals surface area contributed by atoms with E-state index in [0.29, 0.717) is 30.4 Å². The van der Waals surface area contributed by atoms with Gasteiger partial charge in [-0.25, -0.2) is 19.7 Å². The van der Waals surface area contributed by atoms with Crippen molar-refractivity contribution in [2.45, 2.75) is 96.3 Å². The highest BCUT2D eigenvalue weighted by atomic mass is 32.1. The Hall–Kier alpha value is -3.49. The third-order valence-electron chi connectivity index (χ3n) is 7.67. The van der Waals surface area contributed by atoms with E-state index in [0.717, 1.165) is 34.7 Å². The summed E-state index contributed by atoms with van der Waals surface area (Å²) in [6.07, 6.45) is 1.19. The summed E-state index contributed by atoms with van der Waals surface area (Å²) in [5, 5.41) is 9.38. The molecule has 0 aliphatic heterocycles. The molecule has 5 rings (SSSR count). The summed E-state index contributed by atoms with van der Waals surface area (Å²) < 4.78 is 56.6. The van der Waals surface area contributed by atoms with Gasteiger partial charge >= 0.3 is 12.3 Å². The Labute approximate surface area is 272 Å². The van der Waals surface area contributed by atoms with Crippen LogP contribution in [0.2, 0.25) is 25.7 Å². The fraction of sp³-hybridized carbons (Fsp3) is 0.500. The average molecular weight is 675 g/mol. The van der Waals surface area contributed by atoms with Gasteiger partial charge in [-0.05, 0) is 52.1 Å². The maximum Gasteiger partial charge on any atom is 0.419 e. The van der Waals surface area contributed by atoms with Gasteiger partial charge in [-0.1, -0.05) is 31.8 Å². The molecule has 3 aromatic heterocycles. The van der Waals surface area contributed by atoms with E-state index < -0.39 is 31.5 Å². The van der Waals surface area contributed by atoms with Crippen molar-refractivity contribution in [3.63, 3.8) is 0 Å². The summed E-state index contributed by atoms with van der Waals surface area (Å²) in [4.78, 5) is 25.4. The zero-order chi connectivity index (χ0) is 33.3. The third-order valence-corrected chi connectivity index (χ3v) is 10.2. The maximum atomic E-state index is 14.4. The van der Waals surface area contributed by atoms with Gasteiger partial charge in [0.2, 0.25) is 5.95 Å². The summed E-state index contributed by atoms with van der Waals surface area (Å²) in [5.41, 5.74) is 0.0809. The van der Waals surface area contributed by atoms with Crippen LogP contribution in [0.5, 0.6) is 0 Å². The quantitative estimate of drug-likeness (QED) is 0.129. The minimum Gasteiger partial charge on any atom is -0.444 e. The number of fused-ring (bicyclic) bond motifs is 1. The van der Waals surface area contributed by atoms with Crippen molar-refractivity contribution in [3.05, 3.63) is 47.7 Å².